The molecule has 0 aliphatic rings. The normalized spacial score (nSPS) is 11.2. The van der Waals surface area contributed by atoms with E-state index in [1.165, 1.54) is 57.8 Å². The predicted octanol–water partition coefficient (Wildman–Crippen LogP) is 8.29. The van der Waals surface area contributed by atoms with Crippen LogP contribution in [-0.4, -0.2) is 24.9 Å². The molecular weight excluding hydrogens is 438 g/mol. The van der Waals surface area contributed by atoms with E-state index in [2.05, 4.69) is 20.8 Å². The predicted molar refractivity (Wildman–Crippen MR) is 147 cm³/mol. The molecule has 0 N–H and O–H groups in total. The van der Waals surface area contributed by atoms with E-state index in [0.717, 1.165) is 48.8 Å². The molecule has 2 rings (SSSR count). The summed E-state index contributed by atoms with van der Waals surface area (Å²) < 4.78 is 19.7. The van der Waals surface area contributed by atoms with Gasteiger partial charge in [-0.2, -0.15) is 0 Å². The Morgan fingerprint density at radius 3 is 1.89 bits per heavy atom. The minimum Gasteiger partial charge on any atom is -0.494 e. The second kappa shape index (κ2) is 17.3. The van der Waals surface area contributed by atoms with Crippen LogP contribution in [0.25, 0.3) is 10.9 Å². The molecule has 1 aromatic heterocycles. The number of ether oxygens (including phenoxy) is 3. The summed E-state index contributed by atoms with van der Waals surface area (Å²) in [7, 11) is 1.62. The van der Waals surface area contributed by atoms with Crippen LogP contribution in [0.3, 0.4) is 0 Å². The quantitative estimate of drug-likeness (QED) is 0.176. The van der Waals surface area contributed by atoms with Crippen LogP contribution >= 0.6 is 0 Å². The van der Waals surface area contributed by atoms with E-state index >= 15 is 0 Å². The number of unbranched alkanes of at least 4 members (excludes halogenated alkanes) is 11. The molecule has 35 heavy (non-hydrogen) atoms. The molecule has 0 saturated heterocycles. The lowest BCUT2D eigenvalue weighted by molar-refractivity contribution is 0.280. The summed E-state index contributed by atoms with van der Waals surface area (Å²) >= 11 is 0. The number of rotatable bonds is 20. The topological polar surface area (TPSA) is 49.7 Å². The summed E-state index contributed by atoms with van der Waals surface area (Å²) in [5.41, 5.74) is 0.767. The fraction of sp³-hybridized carbons (Fsp3) is 0.700. The molecule has 2 aromatic rings. The molecule has 5 nitrogen and oxygen atoms in total. The van der Waals surface area contributed by atoms with Gasteiger partial charge in [0, 0.05) is 18.0 Å². The Bertz CT molecular complexity index is 905. The van der Waals surface area contributed by atoms with Crippen LogP contribution < -0.4 is 19.8 Å². The van der Waals surface area contributed by atoms with Gasteiger partial charge in [0.05, 0.1) is 25.8 Å². The van der Waals surface area contributed by atoms with E-state index in [9.17, 15) is 4.79 Å². The van der Waals surface area contributed by atoms with Crippen LogP contribution in [0.1, 0.15) is 111 Å². The van der Waals surface area contributed by atoms with Crippen LogP contribution in [-0.2, 0) is 6.54 Å². The third kappa shape index (κ3) is 9.42. The first-order chi connectivity index (χ1) is 17.2. The largest absolute Gasteiger partial charge is 0.494 e. The molecule has 0 aliphatic carbocycles. The number of nitrogens with zero attached hydrogens (tertiary/aromatic N) is 1. The van der Waals surface area contributed by atoms with Crippen molar-refractivity contribution in [1.29, 1.82) is 0 Å². The second-order valence-electron chi connectivity index (χ2n) is 9.58. The zero-order valence-corrected chi connectivity index (χ0v) is 22.8. The van der Waals surface area contributed by atoms with Gasteiger partial charge in [-0.3, -0.25) is 4.79 Å². The lowest BCUT2D eigenvalue weighted by Crippen LogP contribution is -2.24. The fourth-order valence-corrected chi connectivity index (χ4v) is 4.49. The van der Waals surface area contributed by atoms with Crippen LogP contribution in [0, 0.1) is 0 Å². The van der Waals surface area contributed by atoms with Gasteiger partial charge in [-0.1, -0.05) is 91.4 Å². The van der Waals surface area contributed by atoms with Crippen molar-refractivity contribution in [2.45, 2.75) is 117 Å². The molecule has 0 radical (unpaired) electrons. The Morgan fingerprint density at radius 2 is 1.26 bits per heavy atom. The molecule has 0 atom stereocenters. The van der Waals surface area contributed by atoms with E-state index in [-0.39, 0.29) is 5.56 Å². The summed E-state index contributed by atoms with van der Waals surface area (Å²) in [4.78, 5) is 13.6. The average Bonchev–Trinajstić information content (AvgIpc) is 2.87. The first-order valence-corrected chi connectivity index (χ1v) is 14.2. The molecule has 1 aromatic carbocycles. The van der Waals surface area contributed by atoms with Crippen molar-refractivity contribution in [3.05, 3.63) is 28.6 Å². The van der Waals surface area contributed by atoms with Gasteiger partial charge in [0.15, 0.2) is 5.75 Å². The molecule has 198 valence electrons. The Kier molecular flexibility index (Phi) is 14.4. The molecule has 0 spiro atoms. The summed E-state index contributed by atoms with van der Waals surface area (Å²) in [6.07, 6.45) is 16.2. The third-order valence-electron chi connectivity index (χ3n) is 6.60. The van der Waals surface area contributed by atoms with Gasteiger partial charge in [0.1, 0.15) is 5.75 Å². The number of aryl methyl sites for hydroxylation is 1. The van der Waals surface area contributed by atoms with Crippen molar-refractivity contribution in [1.82, 2.24) is 4.57 Å². The summed E-state index contributed by atoms with van der Waals surface area (Å²) in [6.45, 7) is 8.55. The SMILES string of the molecule is CCCCCCCCn1c(=O)c(OCCCCCC)c(OC)c2ccc(OCCCCCC)cc21. The molecule has 5 heteroatoms. The second-order valence-corrected chi connectivity index (χ2v) is 9.58. The smallest absolute Gasteiger partial charge is 0.297 e. The molecular formula is C30H49NO4. The lowest BCUT2D eigenvalue weighted by atomic mass is 10.1. The highest BCUT2D eigenvalue weighted by Crippen LogP contribution is 2.35. The van der Waals surface area contributed by atoms with E-state index < -0.39 is 0 Å². The van der Waals surface area contributed by atoms with Crippen molar-refractivity contribution in [3.63, 3.8) is 0 Å². The van der Waals surface area contributed by atoms with Crippen molar-refractivity contribution in [3.8, 4) is 17.2 Å². The molecule has 0 aliphatic heterocycles. The van der Waals surface area contributed by atoms with Gasteiger partial charge in [0.2, 0.25) is 5.75 Å². The number of methoxy groups -OCH3 is 1. The number of aromatic nitrogens is 1. The van der Waals surface area contributed by atoms with Crippen molar-refractivity contribution in [2.75, 3.05) is 20.3 Å². The first-order valence-electron chi connectivity index (χ1n) is 14.2. The van der Waals surface area contributed by atoms with Crippen molar-refractivity contribution >= 4 is 10.9 Å². The monoisotopic (exact) mass is 487 g/mol. The zero-order chi connectivity index (χ0) is 25.3. The Morgan fingerprint density at radius 1 is 0.686 bits per heavy atom. The minimum absolute atomic E-state index is 0.0986. The van der Waals surface area contributed by atoms with Gasteiger partial charge in [0.25, 0.3) is 5.56 Å². The van der Waals surface area contributed by atoms with Gasteiger partial charge in [-0.25, -0.2) is 0 Å². The maximum Gasteiger partial charge on any atom is 0.297 e. The van der Waals surface area contributed by atoms with E-state index in [1.54, 1.807) is 7.11 Å². The maximum atomic E-state index is 13.6. The minimum atomic E-state index is -0.0986. The zero-order valence-electron chi connectivity index (χ0n) is 22.8. The standard InChI is InChI=1S/C30H49NO4/c1-5-8-11-14-15-16-21-31-27-24-25(34-22-17-12-9-6-2)19-20-26(27)28(33-4)29(30(31)32)35-23-18-13-10-7-3/h19-20,24H,5-18,21-23H2,1-4H3. The molecule has 0 unspecified atom stereocenters. The molecule has 0 saturated carbocycles. The Labute approximate surface area is 213 Å². The maximum absolute atomic E-state index is 13.6. The lowest BCUT2D eigenvalue weighted by Gasteiger charge is -2.18. The Hall–Kier alpha value is -2.17. The highest BCUT2D eigenvalue weighted by Gasteiger charge is 2.19. The third-order valence-corrected chi connectivity index (χ3v) is 6.60. The number of fused-ring (bicyclic) bond motifs is 1. The van der Waals surface area contributed by atoms with Gasteiger partial charge < -0.3 is 18.8 Å². The van der Waals surface area contributed by atoms with Crippen molar-refractivity contribution < 1.29 is 14.2 Å². The highest BCUT2D eigenvalue weighted by atomic mass is 16.5. The molecule has 0 amide bonds. The Balaban J connectivity index is 2.29. The summed E-state index contributed by atoms with van der Waals surface area (Å²) in [5.74, 6) is 1.69. The highest BCUT2D eigenvalue weighted by molar-refractivity contribution is 5.89. The van der Waals surface area contributed by atoms with E-state index in [0.29, 0.717) is 31.3 Å². The number of pyridine rings is 1. The fourth-order valence-electron chi connectivity index (χ4n) is 4.49. The number of hydrogen-bond donors (Lipinski definition) is 0. The molecule has 0 bridgehead atoms. The molecule has 1 heterocycles. The van der Waals surface area contributed by atoms with Crippen molar-refractivity contribution in [2.24, 2.45) is 0 Å². The number of hydrogen-bond acceptors (Lipinski definition) is 4. The van der Waals surface area contributed by atoms with Gasteiger partial charge >= 0.3 is 0 Å². The van der Waals surface area contributed by atoms with E-state index in [1.807, 2.05) is 22.8 Å². The van der Waals surface area contributed by atoms with Crippen LogP contribution in [0.5, 0.6) is 17.2 Å². The van der Waals surface area contributed by atoms with Crippen LogP contribution in [0.4, 0.5) is 0 Å². The van der Waals surface area contributed by atoms with Gasteiger partial charge in [-0.15, -0.1) is 0 Å². The first kappa shape index (κ1) is 29.1. The van der Waals surface area contributed by atoms with E-state index in [4.69, 9.17) is 14.2 Å². The molecule has 0 fully saturated rings. The van der Waals surface area contributed by atoms with Crippen LogP contribution in [0.15, 0.2) is 23.0 Å². The summed E-state index contributed by atoms with van der Waals surface area (Å²) in [5, 5.41) is 0.903. The average molecular weight is 488 g/mol. The van der Waals surface area contributed by atoms with Gasteiger partial charge in [-0.05, 0) is 31.4 Å². The number of benzene rings is 1. The summed E-state index contributed by atoms with van der Waals surface area (Å²) in [6, 6.07) is 5.99. The van der Waals surface area contributed by atoms with Crippen LogP contribution in [0.2, 0.25) is 0 Å².